The van der Waals surface area contributed by atoms with Crippen LogP contribution < -0.4 is 0 Å². The lowest BCUT2D eigenvalue weighted by Crippen LogP contribution is -2.14. The van der Waals surface area contributed by atoms with Crippen LogP contribution in [0.25, 0.3) is 169 Å². The Morgan fingerprint density at radius 3 is 1.30 bits per heavy atom. The zero-order chi connectivity index (χ0) is 54.6. The van der Waals surface area contributed by atoms with E-state index in [4.69, 9.17) is 9.26 Å². The number of fused-ring (bicyclic) bond motifs is 19. The molecule has 0 aliphatic carbocycles. The molecule has 0 saturated heterocycles. The lowest BCUT2D eigenvalue weighted by molar-refractivity contribution is 0.671. The summed E-state index contributed by atoms with van der Waals surface area (Å²) in [7, 11) is 0. The van der Waals surface area contributed by atoms with Gasteiger partial charge in [0.2, 0.25) is 5.69 Å². The van der Waals surface area contributed by atoms with E-state index in [0.717, 1.165) is 125 Å². The lowest BCUT2D eigenvalue weighted by Gasteiger charge is -2.27. The van der Waals surface area contributed by atoms with Gasteiger partial charge in [-0.15, -0.1) is 0 Å². The molecule has 0 amide bonds. The standard InChI is InChI=1S/C76H42N6O/c1-78-70-71(79-62-31-13-6-24-50(62)51-25-7-14-32-63(51)79)61(44-77)72(80-64-33-15-8-26-52(64)53-27-9-16-34-65(53)80)75(74(70)81-66-35-17-10-28-54(66)55-29-11-18-36-67(55)81)82-68-43-46(60-42-45-20-2-3-21-47(45)48-22-4-5-23-49(48)60)38-39-56(68)58-40-41-59-57-30-12-19-37-69(57)83-76(59)73(58)82/h2-43H. The first-order chi connectivity index (χ1) is 41.2. The van der Waals surface area contributed by atoms with E-state index < -0.39 is 0 Å². The number of rotatable bonds is 5. The zero-order valence-electron chi connectivity index (χ0n) is 44.3. The number of aromatic nitrogens is 4. The van der Waals surface area contributed by atoms with Crippen LogP contribution in [0.15, 0.2) is 259 Å². The van der Waals surface area contributed by atoms with E-state index in [2.05, 4.69) is 255 Å². The molecule has 0 fully saturated rings. The molecule has 5 heterocycles. The van der Waals surface area contributed by atoms with Crippen molar-refractivity contribution in [1.29, 1.82) is 5.26 Å². The monoisotopic (exact) mass is 1050 g/mol. The van der Waals surface area contributed by atoms with Crippen molar-refractivity contribution in [2.75, 3.05) is 0 Å². The molecule has 83 heavy (non-hydrogen) atoms. The van der Waals surface area contributed by atoms with E-state index in [1.165, 1.54) is 10.8 Å². The summed E-state index contributed by atoms with van der Waals surface area (Å²) in [4.78, 5) is 4.83. The van der Waals surface area contributed by atoms with Crippen molar-refractivity contribution in [3.63, 3.8) is 0 Å². The van der Waals surface area contributed by atoms with E-state index in [1.54, 1.807) is 0 Å². The van der Waals surface area contributed by atoms with Gasteiger partial charge in [-0.05, 0) is 93.3 Å². The second kappa shape index (κ2) is 16.9. The Kier molecular flexibility index (Phi) is 9.23. The SMILES string of the molecule is [C-]#[N+]c1c(-n2c3ccccc3c3ccccc32)c(C#N)c(-n2c3ccccc3c3ccccc32)c(-n2c3cc(-c4cc5ccccc5c5ccccc45)ccc3c3ccc4c5ccccc5oc4c32)c1-n1c2ccccc2c2ccccc21. The molecule has 5 aromatic heterocycles. The molecule has 0 aliphatic heterocycles. The largest absolute Gasteiger partial charge is 0.454 e. The average Bonchev–Trinajstić information content (AvgIpc) is 1.96. The fraction of sp³-hybridized carbons (Fsp3) is 0. The first-order valence-electron chi connectivity index (χ1n) is 27.9. The van der Waals surface area contributed by atoms with Crippen molar-refractivity contribution in [2.45, 2.75) is 0 Å². The summed E-state index contributed by atoms with van der Waals surface area (Å²) in [5.74, 6) is 0. The number of hydrogen-bond donors (Lipinski definition) is 0. The van der Waals surface area contributed by atoms with Gasteiger partial charge in [0.25, 0.3) is 0 Å². The van der Waals surface area contributed by atoms with Gasteiger partial charge in [-0.2, -0.15) is 5.26 Å². The Bertz CT molecular complexity index is 5670. The van der Waals surface area contributed by atoms with Crippen molar-refractivity contribution in [3.05, 3.63) is 272 Å². The van der Waals surface area contributed by atoms with Crippen LogP contribution in [0.4, 0.5) is 5.69 Å². The van der Waals surface area contributed by atoms with E-state index >= 15 is 0 Å². The van der Waals surface area contributed by atoms with Crippen molar-refractivity contribution in [2.24, 2.45) is 0 Å². The van der Waals surface area contributed by atoms with Crippen LogP contribution >= 0.6 is 0 Å². The third-order valence-electron chi connectivity index (χ3n) is 17.6. The molecule has 13 aromatic carbocycles. The molecule has 0 radical (unpaired) electrons. The quantitative estimate of drug-likeness (QED) is 0.127. The predicted octanol–water partition coefficient (Wildman–Crippen LogP) is 20.4. The number of hydrogen-bond acceptors (Lipinski definition) is 2. The molecular weight excluding hydrogens is 1010 g/mol. The average molecular weight is 1060 g/mol. The van der Waals surface area contributed by atoms with E-state index in [9.17, 15) is 11.8 Å². The maximum Gasteiger partial charge on any atom is 0.237 e. The molecule has 18 aromatic rings. The van der Waals surface area contributed by atoms with E-state index in [1.807, 2.05) is 24.3 Å². The molecule has 7 heteroatoms. The third-order valence-corrected chi connectivity index (χ3v) is 17.6. The van der Waals surface area contributed by atoms with Gasteiger partial charge < -0.3 is 22.7 Å². The summed E-state index contributed by atoms with van der Waals surface area (Å²) in [6, 6.07) is 92.8. The third kappa shape index (κ3) is 6.04. The Labute approximate surface area is 473 Å². The molecule has 0 spiro atoms. The number of para-hydroxylation sites is 7. The van der Waals surface area contributed by atoms with Gasteiger partial charge in [-0.25, -0.2) is 4.85 Å². The summed E-state index contributed by atoms with van der Waals surface area (Å²) < 4.78 is 16.4. The van der Waals surface area contributed by atoms with Crippen LogP contribution in [0.5, 0.6) is 0 Å². The highest BCUT2D eigenvalue weighted by Crippen LogP contribution is 2.53. The van der Waals surface area contributed by atoms with Gasteiger partial charge in [0.15, 0.2) is 5.58 Å². The molecule has 0 unspecified atom stereocenters. The minimum atomic E-state index is 0.322. The van der Waals surface area contributed by atoms with Crippen LogP contribution in [0.2, 0.25) is 0 Å². The predicted molar refractivity (Wildman–Crippen MR) is 343 cm³/mol. The summed E-state index contributed by atoms with van der Waals surface area (Å²) in [5.41, 5.74) is 13.8. The van der Waals surface area contributed by atoms with Gasteiger partial charge in [0.05, 0.1) is 79.0 Å². The second-order valence-corrected chi connectivity index (χ2v) is 21.6. The summed E-state index contributed by atoms with van der Waals surface area (Å²) in [5, 5.41) is 27.5. The first kappa shape index (κ1) is 45.2. The van der Waals surface area contributed by atoms with Crippen LogP contribution in [0.3, 0.4) is 0 Å². The molecule has 0 bridgehead atoms. The summed E-state index contributed by atoms with van der Waals surface area (Å²) in [6.45, 7) is 9.94. The van der Waals surface area contributed by atoms with Crippen LogP contribution in [0.1, 0.15) is 5.56 Å². The van der Waals surface area contributed by atoms with Crippen LogP contribution in [-0.4, -0.2) is 18.3 Å². The van der Waals surface area contributed by atoms with Gasteiger partial charge in [-0.3, -0.25) is 0 Å². The van der Waals surface area contributed by atoms with Gasteiger partial charge in [0.1, 0.15) is 11.7 Å². The highest BCUT2D eigenvalue weighted by molar-refractivity contribution is 6.24. The second-order valence-electron chi connectivity index (χ2n) is 21.6. The number of furan rings is 1. The van der Waals surface area contributed by atoms with Crippen molar-refractivity contribution in [3.8, 4) is 39.9 Å². The minimum Gasteiger partial charge on any atom is -0.454 e. The lowest BCUT2D eigenvalue weighted by atomic mass is 9.93. The number of benzene rings is 13. The normalized spacial score (nSPS) is 12.1. The molecule has 0 N–H and O–H groups in total. The van der Waals surface area contributed by atoms with Gasteiger partial charge >= 0.3 is 0 Å². The molecule has 0 aliphatic rings. The number of nitriles is 1. The molecular formula is C76H42N6O. The highest BCUT2D eigenvalue weighted by Gasteiger charge is 2.35. The molecule has 7 nitrogen and oxygen atoms in total. The Hall–Kier alpha value is -11.6. The molecule has 18 rings (SSSR count). The van der Waals surface area contributed by atoms with Crippen LogP contribution in [-0.2, 0) is 0 Å². The minimum absolute atomic E-state index is 0.322. The highest BCUT2D eigenvalue weighted by atomic mass is 16.3. The Balaban J connectivity index is 1.15. The first-order valence-corrected chi connectivity index (χ1v) is 27.9. The molecule has 382 valence electrons. The topological polar surface area (TPSA) is 61.0 Å². The maximum atomic E-state index is 12.8. The summed E-state index contributed by atoms with van der Waals surface area (Å²) in [6.07, 6.45) is 0. The van der Waals surface area contributed by atoms with Crippen molar-refractivity contribution >= 4 is 136 Å². The Morgan fingerprint density at radius 2 is 0.759 bits per heavy atom. The fourth-order valence-corrected chi connectivity index (χ4v) is 14.2. The zero-order valence-corrected chi connectivity index (χ0v) is 44.3. The van der Waals surface area contributed by atoms with Crippen molar-refractivity contribution < 1.29 is 4.42 Å². The van der Waals surface area contributed by atoms with E-state index in [-0.39, 0.29) is 0 Å². The summed E-state index contributed by atoms with van der Waals surface area (Å²) >= 11 is 0. The van der Waals surface area contributed by atoms with E-state index in [0.29, 0.717) is 39.6 Å². The number of nitrogens with zero attached hydrogens (tertiary/aromatic N) is 6. The van der Waals surface area contributed by atoms with Crippen molar-refractivity contribution in [1.82, 2.24) is 18.3 Å². The van der Waals surface area contributed by atoms with Gasteiger partial charge in [-0.1, -0.05) is 194 Å². The fourth-order valence-electron chi connectivity index (χ4n) is 14.2. The smallest absolute Gasteiger partial charge is 0.237 e. The van der Waals surface area contributed by atoms with Gasteiger partial charge in [0, 0.05) is 53.9 Å². The maximum absolute atomic E-state index is 12.8. The molecule has 0 atom stereocenters. The van der Waals surface area contributed by atoms with Crippen LogP contribution in [0, 0.1) is 17.9 Å². The Morgan fingerprint density at radius 1 is 0.337 bits per heavy atom. The molecule has 0 saturated carbocycles.